The lowest BCUT2D eigenvalue weighted by molar-refractivity contribution is -0.152. The molecule has 1 N–H and O–H groups in total. The second-order valence-electron chi connectivity index (χ2n) is 5.62. The summed E-state index contributed by atoms with van der Waals surface area (Å²) in [5, 5.41) is 2.72. The van der Waals surface area contributed by atoms with Gasteiger partial charge in [-0.25, -0.2) is 4.39 Å². The van der Waals surface area contributed by atoms with E-state index < -0.39 is 6.04 Å². The first-order valence-electron chi connectivity index (χ1n) is 6.95. The number of piperazine rings is 1. The summed E-state index contributed by atoms with van der Waals surface area (Å²) in [7, 11) is 0. The van der Waals surface area contributed by atoms with Crippen LogP contribution < -0.4 is 5.32 Å². The van der Waals surface area contributed by atoms with E-state index in [0.29, 0.717) is 24.3 Å². The highest BCUT2D eigenvalue weighted by atomic mass is 19.1. The van der Waals surface area contributed by atoms with E-state index in [1.807, 2.05) is 0 Å². The molecule has 2 aliphatic rings. The first kappa shape index (κ1) is 14.0. The van der Waals surface area contributed by atoms with E-state index >= 15 is 0 Å². The number of carbonyl (C=O) groups excluding carboxylic acids is 2. The molecule has 1 aromatic carbocycles. The Morgan fingerprint density at radius 1 is 1.38 bits per heavy atom. The van der Waals surface area contributed by atoms with Gasteiger partial charge in [0, 0.05) is 12.5 Å². The Labute approximate surface area is 122 Å². The third-order valence-corrected chi connectivity index (χ3v) is 3.97. The fourth-order valence-electron chi connectivity index (χ4n) is 2.58. The third kappa shape index (κ3) is 2.76. The zero-order chi connectivity index (χ0) is 15.0. The number of halogens is 1. The maximum absolute atomic E-state index is 13.6. The molecule has 0 spiro atoms. The molecule has 0 saturated carbocycles. The predicted molar refractivity (Wildman–Crippen MR) is 72.8 cm³/mol. The maximum atomic E-state index is 13.6. The molecule has 0 bridgehead atoms. The summed E-state index contributed by atoms with van der Waals surface area (Å²) in [6, 6.07) is 4.35. The fourth-order valence-corrected chi connectivity index (χ4v) is 2.58. The Balaban J connectivity index is 1.75. The van der Waals surface area contributed by atoms with E-state index in [2.05, 4.69) is 5.32 Å². The Morgan fingerprint density at radius 2 is 2.14 bits per heavy atom. The van der Waals surface area contributed by atoms with Gasteiger partial charge in [0.1, 0.15) is 11.9 Å². The van der Waals surface area contributed by atoms with E-state index in [-0.39, 0.29) is 36.6 Å². The van der Waals surface area contributed by atoms with Crippen molar-refractivity contribution in [3.63, 3.8) is 0 Å². The van der Waals surface area contributed by atoms with Gasteiger partial charge in [0.05, 0.1) is 19.8 Å². The summed E-state index contributed by atoms with van der Waals surface area (Å²) in [6.45, 7) is 2.92. The molecule has 2 fully saturated rings. The topological polar surface area (TPSA) is 58.6 Å². The van der Waals surface area contributed by atoms with Crippen LogP contribution in [0, 0.1) is 18.7 Å². The van der Waals surface area contributed by atoms with E-state index in [9.17, 15) is 14.0 Å². The average molecular weight is 292 g/mol. The standard InChI is InChI=1S/C15H17FN2O3/c1-9-2-3-10(4-12(9)16)5-18-6-13(19)17-14(15(18)20)11-7-21-8-11/h2-4,11,14H,5-8H2,1H3,(H,17,19). The molecule has 1 aromatic rings. The lowest BCUT2D eigenvalue weighted by atomic mass is 9.95. The van der Waals surface area contributed by atoms with Gasteiger partial charge in [0.25, 0.3) is 0 Å². The molecule has 0 radical (unpaired) electrons. The van der Waals surface area contributed by atoms with Gasteiger partial charge in [-0.05, 0) is 24.1 Å². The van der Waals surface area contributed by atoms with Gasteiger partial charge in [0.2, 0.25) is 11.8 Å². The van der Waals surface area contributed by atoms with Crippen molar-refractivity contribution >= 4 is 11.8 Å². The second kappa shape index (κ2) is 5.44. The van der Waals surface area contributed by atoms with Gasteiger partial charge in [0.15, 0.2) is 0 Å². The van der Waals surface area contributed by atoms with Crippen LogP contribution >= 0.6 is 0 Å². The molecular formula is C15H17FN2O3. The SMILES string of the molecule is Cc1ccc(CN2CC(=O)NC(C3COC3)C2=O)cc1F. The quantitative estimate of drug-likeness (QED) is 0.888. The van der Waals surface area contributed by atoms with Crippen LogP contribution in [0.1, 0.15) is 11.1 Å². The molecule has 2 heterocycles. The average Bonchev–Trinajstić information content (AvgIpc) is 2.37. The van der Waals surface area contributed by atoms with Crippen LogP contribution in [0.4, 0.5) is 4.39 Å². The number of rotatable bonds is 3. The highest BCUT2D eigenvalue weighted by molar-refractivity contribution is 5.95. The van der Waals surface area contributed by atoms with Gasteiger partial charge in [-0.15, -0.1) is 0 Å². The Bertz CT molecular complexity index is 586. The largest absolute Gasteiger partial charge is 0.380 e. The van der Waals surface area contributed by atoms with Gasteiger partial charge in [-0.3, -0.25) is 9.59 Å². The molecule has 2 aliphatic heterocycles. The Morgan fingerprint density at radius 3 is 2.76 bits per heavy atom. The van der Waals surface area contributed by atoms with Crippen LogP contribution in [0.15, 0.2) is 18.2 Å². The molecule has 112 valence electrons. The minimum absolute atomic E-state index is 0.0123. The number of amides is 2. The minimum atomic E-state index is -0.518. The second-order valence-corrected chi connectivity index (χ2v) is 5.62. The zero-order valence-corrected chi connectivity index (χ0v) is 11.8. The van der Waals surface area contributed by atoms with Crippen molar-refractivity contribution in [3.8, 4) is 0 Å². The summed E-state index contributed by atoms with van der Waals surface area (Å²) in [6.07, 6.45) is 0. The smallest absolute Gasteiger partial charge is 0.246 e. The van der Waals surface area contributed by atoms with Gasteiger partial charge in [-0.1, -0.05) is 12.1 Å². The summed E-state index contributed by atoms with van der Waals surface area (Å²) < 4.78 is 18.7. The summed E-state index contributed by atoms with van der Waals surface area (Å²) in [5.74, 6) is -0.563. The molecule has 1 unspecified atom stereocenters. The lowest BCUT2D eigenvalue weighted by Gasteiger charge is -2.39. The van der Waals surface area contributed by atoms with Crippen LogP contribution in [0.2, 0.25) is 0 Å². The number of nitrogens with zero attached hydrogens (tertiary/aromatic N) is 1. The summed E-state index contributed by atoms with van der Waals surface area (Å²) in [4.78, 5) is 25.7. The third-order valence-electron chi connectivity index (χ3n) is 3.97. The van der Waals surface area contributed by atoms with Crippen molar-refractivity contribution in [2.75, 3.05) is 19.8 Å². The van der Waals surface area contributed by atoms with Crippen LogP contribution in [0.3, 0.4) is 0 Å². The maximum Gasteiger partial charge on any atom is 0.246 e. The number of ether oxygens (including phenoxy) is 1. The molecule has 2 amide bonds. The molecular weight excluding hydrogens is 275 g/mol. The minimum Gasteiger partial charge on any atom is -0.380 e. The molecule has 0 aromatic heterocycles. The number of carbonyl (C=O) groups is 2. The van der Waals surface area contributed by atoms with Crippen molar-refractivity contribution in [2.24, 2.45) is 5.92 Å². The molecule has 2 saturated heterocycles. The van der Waals surface area contributed by atoms with Crippen molar-refractivity contribution in [2.45, 2.75) is 19.5 Å². The predicted octanol–water partition coefficient (Wildman–Crippen LogP) is 0.608. The Hall–Kier alpha value is -1.95. The number of benzene rings is 1. The number of aryl methyl sites for hydroxylation is 1. The molecule has 5 nitrogen and oxygen atoms in total. The number of hydrogen-bond donors (Lipinski definition) is 1. The first-order chi connectivity index (χ1) is 10.0. The van der Waals surface area contributed by atoms with Gasteiger partial charge >= 0.3 is 0 Å². The van der Waals surface area contributed by atoms with Crippen molar-refractivity contribution in [3.05, 3.63) is 35.1 Å². The van der Waals surface area contributed by atoms with Crippen molar-refractivity contribution in [1.82, 2.24) is 10.2 Å². The van der Waals surface area contributed by atoms with Crippen LogP contribution in [0.25, 0.3) is 0 Å². The van der Waals surface area contributed by atoms with E-state index in [0.717, 1.165) is 0 Å². The van der Waals surface area contributed by atoms with E-state index in [1.165, 1.54) is 11.0 Å². The highest BCUT2D eigenvalue weighted by Gasteiger charge is 2.40. The number of hydrogen-bond acceptors (Lipinski definition) is 3. The van der Waals surface area contributed by atoms with Crippen LogP contribution in [-0.4, -0.2) is 42.5 Å². The van der Waals surface area contributed by atoms with E-state index in [1.54, 1.807) is 19.1 Å². The Kier molecular flexibility index (Phi) is 3.63. The molecule has 3 rings (SSSR count). The summed E-state index contributed by atoms with van der Waals surface area (Å²) >= 11 is 0. The van der Waals surface area contributed by atoms with Gasteiger partial charge in [-0.2, -0.15) is 0 Å². The molecule has 1 atom stereocenters. The monoisotopic (exact) mass is 292 g/mol. The van der Waals surface area contributed by atoms with Crippen LogP contribution in [-0.2, 0) is 20.9 Å². The molecule has 6 heteroatoms. The summed E-state index contributed by atoms with van der Waals surface area (Å²) in [5.41, 5.74) is 1.25. The van der Waals surface area contributed by atoms with Crippen molar-refractivity contribution in [1.29, 1.82) is 0 Å². The fraction of sp³-hybridized carbons (Fsp3) is 0.467. The van der Waals surface area contributed by atoms with E-state index in [4.69, 9.17) is 4.74 Å². The van der Waals surface area contributed by atoms with Crippen LogP contribution in [0.5, 0.6) is 0 Å². The normalized spacial score (nSPS) is 23.0. The highest BCUT2D eigenvalue weighted by Crippen LogP contribution is 2.21. The first-order valence-corrected chi connectivity index (χ1v) is 6.95. The van der Waals surface area contributed by atoms with Crippen molar-refractivity contribution < 1.29 is 18.7 Å². The molecule has 21 heavy (non-hydrogen) atoms. The van der Waals surface area contributed by atoms with Gasteiger partial charge < -0.3 is 15.0 Å². The number of nitrogens with one attached hydrogen (secondary N) is 1. The zero-order valence-electron chi connectivity index (χ0n) is 11.8. The molecule has 0 aliphatic carbocycles. The lowest BCUT2D eigenvalue weighted by Crippen LogP contribution is -2.63.